The summed E-state index contributed by atoms with van der Waals surface area (Å²) >= 11 is 1.26. The van der Waals surface area contributed by atoms with Crippen LogP contribution in [0.2, 0.25) is 0 Å². The van der Waals surface area contributed by atoms with E-state index in [0.29, 0.717) is 22.3 Å². The number of anilines is 2. The topological polar surface area (TPSA) is 126 Å². The summed E-state index contributed by atoms with van der Waals surface area (Å²) in [6, 6.07) is 11.8. The van der Waals surface area contributed by atoms with Gasteiger partial charge in [-0.05, 0) is 49.2 Å². The van der Waals surface area contributed by atoms with Crippen molar-refractivity contribution in [1.82, 2.24) is 14.8 Å². The summed E-state index contributed by atoms with van der Waals surface area (Å²) in [6.45, 7) is 2.78. The highest BCUT2D eigenvalue weighted by Crippen LogP contribution is 2.41. The number of benzene rings is 2. The summed E-state index contributed by atoms with van der Waals surface area (Å²) in [6.07, 6.45) is 2.07. The molecule has 170 valence electrons. The molecular formula is C23H23N5O4S. The highest BCUT2D eigenvalue weighted by molar-refractivity contribution is 7.99. The van der Waals surface area contributed by atoms with Gasteiger partial charge in [-0.1, -0.05) is 17.8 Å². The summed E-state index contributed by atoms with van der Waals surface area (Å²) in [4.78, 5) is 35.6. The first kappa shape index (κ1) is 22.5. The molecule has 0 bridgehead atoms. The van der Waals surface area contributed by atoms with E-state index < -0.39 is 0 Å². The van der Waals surface area contributed by atoms with Crippen LogP contribution in [0.4, 0.5) is 11.4 Å². The van der Waals surface area contributed by atoms with Crippen LogP contribution in [0.1, 0.15) is 48.8 Å². The molecule has 1 aromatic heterocycles. The Bertz CT molecular complexity index is 1240. The lowest BCUT2D eigenvalue weighted by Gasteiger charge is -2.12. The van der Waals surface area contributed by atoms with Gasteiger partial charge in [-0.25, -0.2) is 0 Å². The molecule has 1 heterocycles. The summed E-state index contributed by atoms with van der Waals surface area (Å²) < 4.78 is 1.93. The number of phenols is 1. The van der Waals surface area contributed by atoms with E-state index in [-0.39, 0.29) is 34.8 Å². The lowest BCUT2D eigenvalue weighted by atomic mass is 10.1. The molecule has 1 aliphatic carbocycles. The number of amides is 2. The maximum absolute atomic E-state index is 12.8. The van der Waals surface area contributed by atoms with E-state index in [9.17, 15) is 19.5 Å². The van der Waals surface area contributed by atoms with E-state index in [1.54, 1.807) is 6.07 Å². The Morgan fingerprint density at radius 2 is 1.82 bits per heavy atom. The Hall–Kier alpha value is -3.66. The normalized spacial score (nSPS) is 12.9. The third-order valence-electron chi connectivity index (χ3n) is 4.99. The Balaban J connectivity index is 1.57. The van der Waals surface area contributed by atoms with Gasteiger partial charge in [0.05, 0.1) is 17.1 Å². The number of Topliss-reactive ketones (excluding diaryl/α,β-unsaturated/α-hetero) is 1. The fourth-order valence-corrected chi connectivity index (χ4v) is 4.22. The number of nitrogens with one attached hydrogen (secondary N) is 2. The zero-order chi connectivity index (χ0) is 23.5. The predicted molar refractivity (Wildman–Crippen MR) is 125 cm³/mol. The molecule has 0 aliphatic heterocycles. The number of hydrogen-bond acceptors (Lipinski definition) is 7. The molecule has 0 atom stereocenters. The third-order valence-corrected chi connectivity index (χ3v) is 5.92. The number of hydrogen-bond donors (Lipinski definition) is 3. The number of ketones is 1. The van der Waals surface area contributed by atoms with Crippen molar-refractivity contribution >= 4 is 40.7 Å². The second-order valence-corrected chi connectivity index (χ2v) is 8.75. The molecule has 2 amide bonds. The van der Waals surface area contributed by atoms with Crippen LogP contribution in [-0.4, -0.2) is 43.2 Å². The SMILES string of the molecule is CC(=O)Nc1cccc(-n2c(SCC(=O)c3ccc(O)c(NC(C)=O)c3)nnc2C2CC2)c1. The minimum atomic E-state index is -0.341. The van der Waals surface area contributed by atoms with E-state index >= 15 is 0 Å². The van der Waals surface area contributed by atoms with Gasteiger partial charge in [0, 0.05) is 31.0 Å². The lowest BCUT2D eigenvalue weighted by Crippen LogP contribution is -2.09. The molecule has 4 rings (SSSR count). The molecule has 2 aromatic carbocycles. The number of aromatic hydroxyl groups is 1. The van der Waals surface area contributed by atoms with Gasteiger partial charge >= 0.3 is 0 Å². The zero-order valence-corrected chi connectivity index (χ0v) is 19.0. The molecule has 3 aromatic rings. The monoisotopic (exact) mass is 465 g/mol. The maximum Gasteiger partial charge on any atom is 0.221 e. The van der Waals surface area contributed by atoms with Crippen LogP contribution < -0.4 is 10.6 Å². The summed E-state index contributed by atoms with van der Waals surface area (Å²) in [5.41, 5.74) is 2.02. The molecule has 1 aliphatic rings. The van der Waals surface area contributed by atoms with Crippen molar-refractivity contribution in [2.24, 2.45) is 0 Å². The highest BCUT2D eigenvalue weighted by atomic mass is 32.2. The molecule has 10 heteroatoms. The van der Waals surface area contributed by atoms with Gasteiger partial charge < -0.3 is 15.7 Å². The van der Waals surface area contributed by atoms with Gasteiger partial charge in [-0.15, -0.1) is 10.2 Å². The van der Waals surface area contributed by atoms with Crippen LogP contribution in [-0.2, 0) is 9.59 Å². The minimum Gasteiger partial charge on any atom is -0.506 e. The van der Waals surface area contributed by atoms with Gasteiger partial charge in [0.1, 0.15) is 11.6 Å². The quantitative estimate of drug-likeness (QED) is 0.263. The van der Waals surface area contributed by atoms with Crippen LogP contribution in [0.15, 0.2) is 47.6 Å². The number of aromatic nitrogens is 3. The van der Waals surface area contributed by atoms with Crippen molar-refractivity contribution < 1.29 is 19.5 Å². The second kappa shape index (κ2) is 9.45. The molecule has 0 radical (unpaired) electrons. The van der Waals surface area contributed by atoms with Crippen LogP contribution in [0.3, 0.4) is 0 Å². The summed E-state index contributed by atoms with van der Waals surface area (Å²) in [5, 5.41) is 24.4. The number of carbonyl (C=O) groups is 3. The molecule has 1 fully saturated rings. The number of phenolic OH excluding ortho intramolecular Hbond substituents is 1. The standard InChI is InChI=1S/C23H23N5O4S/c1-13(29)24-17-4-3-5-18(11-17)28-22(15-6-7-15)26-27-23(28)33-12-21(32)16-8-9-20(31)19(10-16)25-14(2)30/h3-5,8-11,15,31H,6-7,12H2,1-2H3,(H,24,29)(H,25,30). The Kier molecular flexibility index (Phi) is 6.45. The van der Waals surface area contributed by atoms with E-state index in [1.807, 2.05) is 22.8 Å². The van der Waals surface area contributed by atoms with E-state index in [1.165, 1.54) is 43.8 Å². The smallest absolute Gasteiger partial charge is 0.221 e. The fourth-order valence-electron chi connectivity index (χ4n) is 3.36. The molecule has 0 saturated heterocycles. The van der Waals surface area contributed by atoms with Crippen molar-refractivity contribution in [2.75, 3.05) is 16.4 Å². The lowest BCUT2D eigenvalue weighted by molar-refractivity contribution is -0.115. The van der Waals surface area contributed by atoms with Crippen LogP contribution in [0, 0.1) is 0 Å². The first-order valence-electron chi connectivity index (χ1n) is 10.4. The van der Waals surface area contributed by atoms with Gasteiger partial charge in [0.15, 0.2) is 10.9 Å². The molecule has 3 N–H and O–H groups in total. The van der Waals surface area contributed by atoms with E-state index in [2.05, 4.69) is 20.8 Å². The van der Waals surface area contributed by atoms with Crippen molar-refractivity contribution in [2.45, 2.75) is 37.8 Å². The van der Waals surface area contributed by atoms with Crippen molar-refractivity contribution in [3.05, 3.63) is 53.9 Å². The predicted octanol–water partition coefficient (Wildman–Crippen LogP) is 3.74. The number of carbonyl (C=O) groups excluding carboxylic acids is 3. The number of rotatable bonds is 8. The molecule has 33 heavy (non-hydrogen) atoms. The van der Waals surface area contributed by atoms with Crippen molar-refractivity contribution in [3.63, 3.8) is 0 Å². The van der Waals surface area contributed by atoms with E-state index in [4.69, 9.17) is 0 Å². The maximum atomic E-state index is 12.8. The molecule has 9 nitrogen and oxygen atoms in total. The highest BCUT2D eigenvalue weighted by Gasteiger charge is 2.31. The van der Waals surface area contributed by atoms with Gasteiger partial charge in [0.2, 0.25) is 11.8 Å². The van der Waals surface area contributed by atoms with Crippen molar-refractivity contribution in [1.29, 1.82) is 0 Å². The molecule has 0 unspecified atom stereocenters. The largest absolute Gasteiger partial charge is 0.506 e. The van der Waals surface area contributed by atoms with E-state index in [0.717, 1.165) is 24.4 Å². The van der Waals surface area contributed by atoms with Crippen LogP contribution in [0.5, 0.6) is 5.75 Å². The fraction of sp³-hybridized carbons (Fsp3) is 0.261. The number of nitrogens with zero attached hydrogens (tertiary/aromatic N) is 3. The summed E-state index contributed by atoms with van der Waals surface area (Å²) in [7, 11) is 0. The Labute approximate surface area is 194 Å². The second-order valence-electron chi connectivity index (χ2n) is 7.81. The van der Waals surface area contributed by atoms with Gasteiger partial charge in [-0.2, -0.15) is 0 Å². The van der Waals surface area contributed by atoms with Crippen molar-refractivity contribution in [3.8, 4) is 11.4 Å². The van der Waals surface area contributed by atoms with Gasteiger partial charge in [-0.3, -0.25) is 19.0 Å². The summed E-state index contributed by atoms with van der Waals surface area (Å²) in [5.74, 6) is 0.464. The molecular weight excluding hydrogens is 442 g/mol. The average molecular weight is 466 g/mol. The van der Waals surface area contributed by atoms with Gasteiger partial charge in [0.25, 0.3) is 0 Å². The Morgan fingerprint density at radius 3 is 2.52 bits per heavy atom. The molecule has 0 spiro atoms. The first-order chi connectivity index (χ1) is 15.8. The first-order valence-corrected chi connectivity index (χ1v) is 11.4. The Morgan fingerprint density at radius 1 is 1.06 bits per heavy atom. The number of thioether (sulfide) groups is 1. The average Bonchev–Trinajstić information content (AvgIpc) is 3.52. The molecule has 1 saturated carbocycles. The van der Waals surface area contributed by atoms with Crippen LogP contribution >= 0.6 is 11.8 Å². The third kappa shape index (κ3) is 5.40. The zero-order valence-electron chi connectivity index (χ0n) is 18.2. The van der Waals surface area contributed by atoms with Crippen LogP contribution in [0.25, 0.3) is 5.69 Å². The minimum absolute atomic E-state index is 0.0957.